The molecule has 3 N–H and O–H groups in total. The average molecular weight is 472 g/mol. The van der Waals surface area contributed by atoms with Crippen molar-refractivity contribution < 1.29 is 27.1 Å². The van der Waals surface area contributed by atoms with Crippen molar-refractivity contribution in [1.82, 2.24) is 15.2 Å². The molecule has 11 heteroatoms. The number of hydrogen-bond acceptors (Lipinski definition) is 6. The molecule has 0 unspecified atom stereocenters. The summed E-state index contributed by atoms with van der Waals surface area (Å²) in [6, 6.07) is 9.62. The summed E-state index contributed by atoms with van der Waals surface area (Å²) in [5.41, 5.74) is -0.409. The summed E-state index contributed by atoms with van der Waals surface area (Å²) in [7, 11) is -3.87. The SMILES string of the molecule is CCCS(=O)(=O)Nc1ccc(F)c(C(=O)c2n[nH]c3ncc(-c4cccc(O)c4)cc23)c1F. The second-order valence-electron chi connectivity index (χ2n) is 7.28. The van der Waals surface area contributed by atoms with Gasteiger partial charge in [0.1, 0.15) is 17.3 Å². The molecular weight excluding hydrogens is 454 g/mol. The van der Waals surface area contributed by atoms with E-state index in [0.29, 0.717) is 11.1 Å². The summed E-state index contributed by atoms with van der Waals surface area (Å²) >= 11 is 0. The zero-order valence-electron chi connectivity index (χ0n) is 17.3. The Hall–Kier alpha value is -3.86. The summed E-state index contributed by atoms with van der Waals surface area (Å²) in [5.74, 6) is -3.82. The normalized spacial score (nSPS) is 11.6. The van der Waals surface area contributed by atoms with E-state index in [2.05, 4.69) is 15.2 Å². The van der Waals surface area contributed by atoms with Gasteiger partial charge in [-0.05, 0) is 42.3 Å². The van der Waals surface area contributed by atoms with Gasteiger partial charge in [-0.1, -0.05) is 19.1 Å². The summed E-state index contributed by atoms with van der Waals surface area (Å²) in [5, 5.41) is 16.4. The number of sulfonamides is 1. The van der Waals surface area contributed by atoms with E-state index in [9.17, 15) is 22.7 Å². The van der Waals surface area contributed by atoms with E-state index in [0.717, 1.165) is 12.1 Å². The largest absolute Gasteiger partial charge is 0.508 e. The van der Waals surface area contributed by atoms with E-state index in [4.69, 9.17) is 0 Å². The third kappa shape index (κ3) is 4.40. The Morgan fingerprint density at radius 3 is 2.67 bits per heavy atom. The summed E-state index contributed by atoms with van der Waals surface area (Å²) in [6.45, 7) is 1.64. The topological polar surface area (TPSA) is 125 Å². The van der Waals surface area contributed by atoms with Crippen molar-refractivity contribution in [2.75, 3.05) is 10.5 Å². The number of anilines is 1. The maximum atomic E-state index is 15.1. The molecule has 0 spiro atoms. The van der Waals surface area contributed by atoms with Crippen molar-refractivity contribution in [3.63, 3.8) is 0 Å². The highest BCUT2D eigenvalue weighted by Crippen LogP contribution is 2.29. The lowest BCUT2D eigenvalue weighted by atomic mass is 10.0. The molecule has 8 nitrogen and oxygen atoms in total. The first-order valence-electron chi connectivity index (χ1n) is 9.87. The van der Waals surface area contributed by atoms with Crippen molar-refractivity contribution in [2.24, 2.45) is 0 Å². The van der Waals surface area contributed by atoms with Crippen molar-refractivity contribution >= 4 is 32.5 Å². The standard InChI is InChI=1S/C22H18F2N4O4S/c1-2-8-33(31,32)28-17-7-6-16(23)18(19(17)24)21(30)20-15-10-13(11-25-22(15)27-26-20)12-4-3-5-14(29)9-12/h3-7,9-11,28-29H,2,8H2,1H3,(H,25,26,27). The molecule has 4 rings (SSSR count). The third-order valence-corrected chi connectivity index (χ3v) is 6.34. The van der Waals surface area contributed by atoms with Gasteiger partial charge < -0.3 is 5.11 Å². The average Bonchev–Trinajstić information content (AvgIpc) is 3.19. The molecular formula is C22H18F2N4O4S. The predicted octanol–water partition coefficient (Wildman–Crippen LogP) is 3.99. The van der Waals surface area contributed by atoms with Gasteiger partial charge in [0, 0.05) is 11.8 Å². The molecule has 0 fully saturated rings. The van der Waals surface area contributed by atoms with Crippen LogP contribution in [0.15, 0.2) is 48.7 Å². The molecule has 0 aliphatic carbocycles. The van der Waals surface area contributed by atoms with Gasteiger partial charge in [0.05, 0.1) is 22.4 Å². The highest BCUT2D eigenvalue weighted by atomic mass is 32.2. The molecule has 0 bridgehead atoms. The fraction of sp³-hybridized carbons (Fsp3) is 0.136. The van der Waals surface area contributed by atoms with Crippen LogP contribution in [0.3, 0.4) is 0 Å². The van der Waals surface area contributed by atoms with Crippen LogP contribution < -0.4 is 4.72 Å². The van der Waals surface area contributed by atoms with Crippen molar-refractivity contribution in [3.05, 3.63) is 71.6 Å². The number of H-pyrrole nitrogens is 1. The first-order valence-corrected chi connectivity index (χ1v) is 11.5. The van der Waals surface area contributed by atoms with Crippen LogP contribution in [0.5, 0.6) is 5.75 Å². The second kappa shape index (κ2) is 8.58. The minimum atomic E-state index is -3.87. The number of aromatic hydroxyl groups is 1. The molecule has 0 atom stereocenters. The van der Waals surface area contributed by atoms with Gasteiger partial charge in [-0.15, -0.1) is 0 Å². The molecule has 0 radical (unpaired) electrons. The lowest BCUT2D eigenvalue weighted by molar-refractivity contribution is 0.102. The number of carbonyl (C=O) groups excluding carboxylic acids is 1. The number of hydrogen-bond donors (Lipinski definition) is 3. The van der Waals surface area contributed by atoms with E-state index >= 15 is 4.39 Å². The molecule has 2 heterocycles. The molecule has 2 aromatic heterocycles. The molecule has 170 valence electrons. The van der Waals surface area contributed by atoms with E-state index in [1.807, 2.05) is 4.72 Å². The number of phenolic OH excluding ortho intramolecular Hbond substituents is 1. The molecule has 33 heavy (non-hydrogen) atoms. The van der Waals surface area contributed by atoms with E-state index in [-0.39, 0.29) is 34.7 Å². The summed E-state index contributed by atoms with van der Waals surface area (Å²) in [6.07, 6.45) is 1.78. The van der Waals surface area contributed by atoms with Crippen molar-refractivity contribution in [2.45, 2.75) is 13.3 Å². The van der Waals surface area contributed by atoms with Crippen LogP contribution in [0.2, 0.25) is 0 Å². The maximum absolute atomic E-state index is 15.1. The van der Waals surface area contributed by atoms with Crippen LogP contribution in [0, 0.1) is 11.6 Å². The van der Waals surface area contributed by atoms with Gasteiger partial charge in [0.15, 0.2) is 11.5 Å². The molecule has 2 aromatic carbocycles. The number of aromatic amines is 1. The summed E-state index contributed by atoms with van der Waals surface area (Å²) < 4.78 is 55.7. The molecule has 0 aliphatic rings. The number of rotatable bonds is 7. The minimum absolute atomic E-state index is 0.0302. The Balaban J connectivity index is 1.79. The minimum Gasteiger partial charge on any atom is -0.508 e. The monoisotopic (exact) mass is 472 g/mol. The number of carbonyl (C=O) groups is 1. The molecule has 0 aliphatic heterocycles. The van der Waals surface area contributed by atoms with Gasteiger partial charge in [-0.25, -0.2) is 22.2 Å². The van der Waals surface area contributed by atoms with E-state index in [1.54, 1.807) is 25.1 Å². The fourth-order valence-corrected chi connectivity index (χ4v) is 4.50. The van der Waals surface area contributed by atoms with Crippen LogP contribution >= 0.6 is 0 Å². The molecule has 4 aromatic rings. The summed E-state index contributed by atoms with van der Waals surface area (Å²) in [4.78, 5) is 17.3. The van der Waals surface area contributed by atoms with Crippen LogP contribution in [0.4, 0.5) is 14.5 Å². The van der Waals surface area contributed by atoms with Gasteiger partial charge >= 0.3 is 0 Å². The fourth-order valence-electron chi connectivity index (χ4n) is 3.37. The molecule has 0 amide bonds. The highest BCUT2D eigenvalue weighted by molar-refractivity contribution is 7.92. The number of nitrogens with one attached hydrogen (secondary N) is 2. The Bertz CT molecular complexity index is 1490. The van der Waals surface area contributed by atoms with Crippen LogP contribution in [0.25, 0.3) is 22.2 Å². The highest BCUT2D eigenvalue weighted by Gasteiger charge is 2.27. The maximum Gasteiger partial charge on any atom is 0.232 e. The number of nitrogens with zero attached hydrogens (tertiary/aromatic N) is 2. The Kier molecular flexibility index (Phi) is 5.81. The number of halogens is 2. The van der Waals surface area contributed by atoms with Crippen LogP contribution in [-0.4, -0.2) is 40.2 Å². The molecule has 0 saturated carbocycles. The number of fused-ring (bicyclic) bond motifs is 1. The zero-order chi connectivity index (χ0) is 23.8. The van der Waals surface area contributed by atoms with Gasteiger partial charge in [-0.3, -0.25) is 14.6 Å². The Labute approximate surface area is 187 Å². The lowest BCUT2D eigenvalue weighted by Crippen LogP contribution is -2.18. The smallest absolute Gasteiger partial charge is 0.232 e. The number of benzene rings is 2. The number of phenols is 1. The Morgan fingerprint density at radius 1 is 1.15 bits per heavy atom. The zero-order valence-corrected chi connectivity index (χ0v) is 18.1. The number of pyridine rings is 1. The lowest BCUT2D eigenvalue weighted by Gasteiger charge is -2.11. The van der Waals surface area contributed by atoms with Gasteiger partial charge in [-0.2, -0.15) is 5.10 Å². The first-order chi connectivity index (χ1) is 15.7. The quantitative estimate of drug-likeness (QED) is 0.349. The molecule has 0 saturated heterocycles. The van der Waals surface area contributed by atoms with Crippen molar-refractivity contribution in [3.8, 4) is 16.9 Å². The van der Waals surface area contributed by atoms with Crippen LogP contribution in [0.1, 0.15) is 29.4 Å². The van der Waals surface area contributed by atoms with Gasteiger partial charge in [0.25, 0.3) is 0 Å². The van der Waals surface area contributed by atoms with Crippen LogP contribution in [-0.2, 0) is 10.0 Å². The van der Waals surface area contributed by atoms with Gasteiger partial charge in [0.2, 0.25) is 15.8 Å². The van der Waals surface area contributed by atoms with E-state index in [1.165, 1.54) is 18.3 Å². The Morgan fingerprint density at radius 2 is 1.94 bits per heavy atom. The number of aromatic nitrogens is 3. The first kappa shape index (κ1) is 22.3. The van der Waals surface area contributed by atoms with Crippen molar-refractivity contribution in [1.29, 1.82) is 0 Å². The number of ketones is 1. The predicted molar refractivity (Wildman–Crippen MR) is 118 cm³/mol. The van der Waals surface area contributed by atoms with E-state index < -0.39 is 38.7 Å². The second-order valence-corrected chi connectivity index (χ2v) is 9.12. The third-order valence-electron chi connectivity index (χ3n) is 4.87.